The second-order valence-electron chi connectivity index (χ2n) is 12.1. The van der Waals surface area contributed by atoms with Crippen LogP contribution < -0.4 is 5.73 Å². The molecule has 1 spiro atoms. The molecule has 9 nitrogen and oxygen atoms in total. The summed E-state index contributed by atoms with van der Waals surface area (Å²) in [4.78, 5) is 25.1. The van der Waals surface area contributed by atoms with Crippen LogP contribution in [0.4, 0.5) is 10.2 Å². The van der Waals surface area contributed by atoms with Crippen LogP contribution in [0, 0.1) is 22.6 Å². The van der Waals surface area contributed by atoms with Crippen LogP contribution in [0.3, 0.4) is 0 Å². The third-order valence-corrected chi connectivity index (χ3v) is 9.00. The molecule has 2 N–H and O–H groups in total. The van der Waals surface area contributed by atoms with E-state index in [9.17, 15) is 4.39 Å². The molecule has 45 heavy (non-hydrogen) atoms. The third-order valence-electron chi connectivity index (χ3n) is 9.00. The molecule has 0 atom stereocenters. The molecule has 1 aliphatic carbocycles. The lowest BCUT2D eigenvalue weighted by atomic mass is 9.57. The Bertz CT molecular complexity index is 2080. The lowest BCUT2D eigenvalue weighted by molar-refractivity contribution is -0.0783. The number of nitrogen functional groups attached to an aromatic ring is 1. The van der Waals surface area contributed by atoms with Gasteiger partial charge in [-0.05, 0) is 90.6 Å². The van der Waals surface area contributed by atoms with E-state index in [4.69, 9.17) is 21.0 Å². The van der Waals surface area contributed by atoms with Gasteiger partial charge in [0.2, 0.25) is 5.82 Å². The van der Waals surface area contributed by atoms with E-state index in [0.717, 1.165) is 66.2 Å². The Hall–Kier alpha value is -5.53. The lowest BCUT2D eigenvalue weighted by Gasteiger charge is -2.59. The number of halogens is 1. The first-order valence-electron chi connectivity index (χ1n) is 14.9. The van der Waals surface area contributed by atoms with Crippen molar-refractivity contribution in [1.82, 2.24) is 34.4 Å². The minimum Gasteiger partial charge on any atom is -0.383 e. The third kappa shape index (κ3) is 4.87. The molecule has 6 aromatic rings. The van der Waals surface area contributed by atoms with Crippen molar-refractivity contribution in [3.8, 4) is 34.4 Å². The highest BCUT2D eigenvalue weighted by Crippen LogP contribution is 2.55. The van der Waals surface area contributed by atoms with Crippen LogP contribution in [-0.4, -0.2) is 47.5 Å². The van der Waals surface area contributed by atoms with Crippen LogP contribution in [0.1, 0.15) is 35.8 Å². The van der Waals surface area contributed by atoms with Gasteiger partial charge in [-0.2, -0.15) is 5.26 Å². The minimum atomic E-state index is -0.290. The van der Waals surface area contributed by atoms with Crippen molar-refractivity contribution < 1.29 is 4.39 Å². The molecule has 0 bridgehead atoms. The van der Waals surface area contributed by atoms with Gasteiger partial charge >= 0.3 is 0 Å². The van der Waals surface area contributed by atoms with Crippen molar-refractivity contribution in [1.29, 1.82) is 5.26 Å². The van der Waals surface area contributed by atoms with Crippen LogP contribution in [-0.2, 0) is 6.54 Å². The Labute approximate surface area is 258 Å². The Morgan fingerprint density at radius 3 is 2.44 bits per heavy atom. The summed E-state index contributed by atoms with van der Waals surface area (Å²) >= 11 is 0. The summed E-state index contributed by atoms with van der Waals surface area (Å²) in [7, 11) is 0. The monoisotopic (exact) mass is 593 g/mol. The largest absolute Gasteiger partial charge is 0.383 e. The van der Waals surface area contributed by atoms with E-state index in [1.165, 1.54) is 17.7 Å². The first kappa shape index (κ1) is 27.0. The summed E-state index contributed by atoms with van der Waals surface area (Å²) < 4.78 is 15.6. The highest BCUT2D eigenvalue weighted by molar-refractivity contribution is 5.84. The summed E-state index contributed by atoms with van der Waals surface area (Å²) in [5.74, 6) is 1.41. The first-order valence-corrected chi connectivity index (χ1v) is 14.9. The van der Waals surface area contributed by atoms with Gasteiger partial charge < -0.3 is 5.73 Å². The molecule has 2 aromatic carbocycles. The number of pyridine rings is 2. The standard InChI is InChI=1S/C35H28FN9/c36-25-7-5-23(6-8-25)28-11-12-30-34(42-28)45(33(43-30)27-2-1-14-40-32(27)38)26-9-3-22(4-10-26)19-44-20-35(21-44)16-24(17-35)29-13-15-39-31(18-37)41-29/h1-15,24H,16-17,19-21H2,(H2,38,40). The number of aromatic nitrogens is 6. The molecule has 4 aromatic heterocycles. The molecule has 0 unspecified atom stereocenters. The van der Waals surface area contributed by atoms with Gasteiger partial charge in [-0.25, -0.2) is 29.3 Å². The van der Waals surface area contributed by atoms with Crippen LogP contribution in [0.2, 0.25) is 0 Å². The second kappa shape index (κ2) is 10.6. The van der Waals surface area contributed by atoms with E-state index in [-0.39, 0.29) is 11.6 Å². The molecule has 2 aliphatic rings. The van der Waals surface area contributed by atoms with Crippen LogP contribution >= 0.6 is 0 Å². The minimum absolute atomic E-state index is 0.246. The second-order valence-corrected chi connectivity index (χ2v) is 12.1. The summed E-state index contributed by atoms with van der Waals surface area (Å²) in [6.07, 6.45) is 5.55. The number of imidazole rings is 1. The van der Waals surface area contributed by atoms with Gasteiger partial charge in [-0.15, -0.1) is 0 Å². The van der Waals surface area contributed by atoms with Crippen LogP contribution in [0.5, 0.6) is 0 Å². The van der Waals surface area contributed by atoms with Crippen molar-refractivity contribution in [3.05, 3.63) is 114 Å². The lowest BCUT2D eigenvalue weighted by Crippen LogP contribution is -2.61. The number of nitriles is 1. The Kier molecular flexibility index (Phi) is 6.36. The summed E-state index contributed by atoms with van der Waals surface area (Å²) in [6.45, 7) is 3.00. The number of rotatable bonds is 6. The Morgan fingerprint density at radius 1 is 0.889 bits per heavy atom. The molecule has 1 aliphatic heterocycles. The molecular weight excluding hydrogens is 565 g/mol. The Morgan fingerprint density at radius 2 is 1.69 bits per heavy atom. The maximum atomic E-state index is 13.6. The quantitative estimate of drug-likeness (QED) is 0.253. The first-order chi connectivity index (χ1) is 22.0. The molecule has 5 heterocycles. The average molecular weight is 594 g/mol. The fourth-order valence-electron chi connectivity index (χ4n) is 6.90. The zero-order valence-corrected chi connectivity index (χ0v) is 24.3. The van der Waals surface area contributed by atoms with Gasteiger partial charge in [-0.3, -0.25) is 9.47 Å². The van der Waals surface area contributed by atoms with Gasteiger partial charge in [0.1, 0.15) is 23.2 Å². The van der Waals surface area contributed by atoms with Gasteiger partial charge in [-0.1, -0.05) is 12.1 Å². The predicted molar refractivity (Wildman–Crippen MR) is 168 cm³/mol. The summed E-state index contributed by atoms with van der Waals surface area (Å²) in [5.41, 5.74) is 13.4. The SMILES string of the molecule is N#Cc1nccc(C2CC3(C2)CN(Cc2ccc(-n4c(-c5cccnc5N)nc5ccc(-c6ccc(F)cc6)nc54)cc2)C3)n1. The van der Waals surface area contributed by atoms with E-state index in [1.807, 2.05) is 41.0 Å². The summed E-state index contributed by atoms with van der Waals surface area (Å²) in [6, 6.07) is 26.4. The van der Waals surface area contributed by atoms with Crippen molar-refractivity contribution >= 4 is 17.0 Å². The Balaban J connectivity index is 1.04. The summed E-state index contributed by atoms with van der Waals surface area (Å²) in [5, 5.41) is 9.12. The number of benzene rings is 2. The number of nitrogens with zero attached hydrogens (tertiary/aromatic N) is 8. The number of hydrogen-bond donors (Lipinski definition) is 1. The number of fused-ring (bicyclic) bond motifs is 1. The predicted octanol–water partition coefficient (Wildman–Crippen LogP) is 5.91. The van der Waals surface area contributed by atoms with Crippen molar-refractivity contribution in [2.45, 2.75) is 25.3 Å². The van der Waals surface area contributed by atoms with Gasteiger partial charge in [0.05, 0.1) is 11.3 Å². The fourth-order valence-corrected chi connectivity index (χ4v) is 6.90. The smallest absolute Gasteiger partial charge is 0.232 e. The molecule has 0 radical (unpaired) electrons. The molecule has 0 amide bonds. The molecule has 1 saturated heterocycles. The molecule has 2 fully saturated rings. The highest BCUT2D eigenvalue weighted by Gasteiger charge is 2.52. The fraction of sp³-hybridized carbons (Fsp3) is 0.200. The van der Waals surface area contributed by atoms with E-state index in [0.29, 0.717) is 28.6 Å². The van der Waals surface area contributed by atoms with Gasteiger partial charge in [0, 0.05) is 54.9 Å². The number of anilines is 1. The maximum Gasteiger partial charge on any atom is 0.232 e. The molecule has 1 saturated carbocycles. The zero-order valence-electron chi connectivity index (χ0n) is 24.3. The van der Waals surface area contributed by atoms with Crippen molar-refractivity contribution in [2.24, 2.45) is 5.41 Å². The molecule has 220 valence electrons. The number of nitrogens with two attached hydrogens (primary N) is 1. The van der Waals surface area contributed by atoms with Gasteiger partial charge in [0.15, 0.2) is 11.5 Å². The van der Waals surface area contributed by atoms with Crippen molar-refractivity contribution in [2.75, 3.05) is 18.8 Å². The van der Waals surface area contributed by atoms with E-state index in [2.05, 4.69) is 44.1 Å². The molecule has 10 heteroatoms. The molecule has 8 rings (SSSR count). The van der Waals surface area contributed by atoms with Crippen LogP contribution in [0.25, 0.3) is 39.5 Å². The molecular formula is C35H28FN9. The average Bonchev–Trinajstić information content (AvgIpc) is 3.41. The van der Waals surface area contributed by atoms with E-state index in [1.54, 1.807) is 24.5 Å². The van der Waals surface area contributed by atoms with E-state index < -0.39 is 0 Å². The highest BCUT2D eigenvalue weighted by atomic mass is 19.1. The number of likely N-dealkylation sites (tertiary alicyclic amines) is 1. The van der Waals surface area contributed by atoms with Gasteiger partial charge in [0.25, 0.3) is 0 Å². The van der Waals surface area contributed by atoms with Crippen molar-refractivity contribution in [3.63, 3.8) is 0 Å². The van der Waals surface area contributed by atoms with Crippen LogP contribution in [0.15, 0.2) is 91.3 Å². The number of hydrogen-bond acceptors (Lipinski definition) is 8. The maximum absolute atomic E-state index is 13.6. The zero-order chi connectivity index (χ0) is 30.5. The topological polar surface area (TPSA) is 122 Å². The van der Waals surface area contributed by atoms with E-state index >= 15 is 0 Å². The normalized spacial score (nSPS) is 15.9.